The molecule has 0 saturated carbocycles. The van der Waals surface area contributed by atoms with Crippen LogP contribution in [0.5, 0.6) is 0 Å². The first kappa shape index (κ1) is 12.4. The Bertz CT molecular complexity index is 401. The van der Waals surface area contributed by atoms with E-state index < -0.39 is 0 Å². The number of hydrogen-bond donors (Lipinski definition) is 1. The average molecular weight is 233 g/mol. The van der Waals surface area contributed by atoms with Crippen LogP contribution in [0.15, 0.2) is 6.20 Å². The van der Waals surface area contributed by atoms with E-state index in [4.69, 9.17) is 5.73 Å². The number of nitrogens with two attached hydrogens (primary N) is 1. The summed E-state index contributed by atoms with van der Waals surface area (Å²) in [4.78, 5) is 7.09. The number of nitrogen functional groups attached to an aromatic ring is 1. The fraction of sp³-hybridized carbons (Fsp3) is 0.643. The number of pyridine rings is 1. The maximum atomic E-state index is 6.07. The van der Waals surface area contributed by atoms with Gasteiger partial charge in [-0.1, -0.05) is 6.92 Å². The number of rotatable bonds is 3. The highest BCUT2D eigenvalue weighted by molar-refractivity contribution is 5.53. The van der Waals surface area contributed by atoms with Crippen LogP contribution in [-0.4, -0.2) is 22.5 Å². The number of aryl methyl sites for hydroxylation is 1. The van der Waals surface area contributed by atoms with Crippen molar-refractivity contribution in [3.63, 3.8) is 0 Å². The predicted octanol–water partition coefficient (Wildman–Crippen LogP) is 2.66. The molecule has 0 bridgehead atoms. The lowest BCUT2D eigenvalue weighted by molar-refractivity contribution is 0.237. The van der Waals surface area contributed by atoms with Crippen molar-refractivity contribution in [2.45, 2.75) is 52.6 Å². The van der Waals surface area contributed by atoms with Gasteiger partial charge in [0.25, 0.3) is 0 Å². The summed E-state index contributed by atoms with van der Waals surface area (Å²) in [7, 11) is 0. The molecule has 1 aromatic rings. The molecule has 1 fully saturated rings. The summed E-state index contributed by atoms with van der Waals surface area (Å²) in [6, 6.07) is 0.735. The largest absolute Gasteiger partial charge is 0.398 e. The van der Waals surface area contributed by atoms with Gasteiger partial charge in [-0.3, -0.25) is 9.88 Å². The summed E-state index contributed by atoms with van der Waals surface area (Å²) in [6.07, 6.45) is 5.78. The Hall–Kier alpha value is -1.09. The first-order valence-electron chi connectivity index (χ1n) is 6.58. The molecule has 3 heteroatoms. The SMILES string of the molecule is CCC1CCCN1Cc1ncc(C)c(N)c1C. The van der Waals surface area contributed by atoms with Crippen molar-refractivity contribution in [1.29, 1.82) is 0 Å². The third-order valence-electron chi connectivity index (χ3n) is 4.00. The Morgan fingerprint density at radius 1 is 1.47 bits per heavy atom. The topological polar surface area (TPSA) is 42.2 Å². The minimum Gasteiger partial charge on any atom is -0.398 e. The van der Waals surface area contributed by atoms with Gasteiger partial charge in [-0.2, -0.15) is 0 Å². The van der Waals surface area contributed by atoms with Gasteiger partial charge < -0.3 is 5.73 Å². The molecule has 1 aromatic heterocycles. The van der Waals surface area contributed by atoms with Crippen LogP contribution in [0.1, 0.15) is 43.0 Å². The standard InChI is InChI=1S/C14H23N3/c1-4-12-6-5-7-17(12)9-13-11(3)14(15)10(2)8-16-13/h8,12H,4-7,9H2,1-3H3,(H2,15,16). The zero-order valence-corrected chi connectivity index (χ0v) is 11.2. The number of anilines is 1. The molecule has 1 aliphatic heterocycles. The predicted molar refractivity (Wildman–Crippen MR) is 71.8 cm³/mol. The van der Waals surface area contributed by atoms with Crippen LogP contribution < -0.4 is 5.73 Å². The fourth-order valence-electron chi connectivity index (χ4n) is 2.71. The minimum absolute atomic E-state index is 0.735. The molecule has 1 saturated heterocycles. The van der Waals surface area contributed by atoms with E-state index in [1.807, 2.05) is 13.1 Å². The Balaban J connectivity index is 2.16. The Morgan fingerprint density at radius 3 is 2.94 bits per heavy atom. The van der Waals surface area contributed by atoms with Gasteiger partial charge >= 0.3 is 0 Å². The van der Waals surface area contributed by atoms with Gasteiger partial charge in [0.1, 0.15) is 0 Å². The summed E-state index contributed by atoms with van der Waals surface area (Å²) in [6.45, 7) is 8.53. The molecule has 0 radical (unpaired) electrons. The van der Waals surface area contributed by atoms with Crippen molar-refractivity contribution in [2.24, 2.45) is 0 Å². The van der Waals surface area contributed by atoms with Crippen LogP contribution in [0.4, 0.5) is 5.69 Å². The number of hydrogen-bond acceptors (Lipinski definition) is 3. The zero-order valence-electron chi connectivity index (χ0n) is 11.2. The summed E-state index contributed by atoms with van der Waals surface area (Å²) < 4.78 is 0. The quantitative estimate of drug-likeness (QED) is 0.872. The van der Waals surface area contributed by atoms with Crippen LogP contribution in [-0.2, 0) is 6.54 Å². The molecular weight excluding hydrogens is 210 g/mol. The van der Waals surface area contributed by atoms with Gasteiger partial charge in [-0.15, -0.1) is 0 Å². The molecule has 1 atom stereocenters. The zero-order chi connectivity index (χ0) is 12.4. The summed E-state index contributed by atoms with van der Waals surface area (Å²) in [5.41, 5.74) is 10.4. The molecule has 94 valence electrons. The maximum Gasteiger partial charge on any atom is 0.0593 e. The summed E-state index contributed by atoms with van der Waals surface area (Å²) in [5, 5.41) is 0. The number of aromatic nitrogens is 1. The van der Waals surface area contributed by atoms with Crippen molar-refractivity contribution in [3.05, 3.63) is 23.0 Å². The lowest BCUT2D eigenvalue weighted by Gasteiger charge is -2.24. The van der Waals surface area contributed by atoms with Gasteiger partial charge in [0.2, 0.25) is 0 Å². The van der Waals surface area contributed by atoms with E-state index in [0.717, 1.165) is 35.1 Å². The van der Waals surface area contributed by atoms with Crippen molar-refractivity contribution in [3.8, 4) is 0 Å². The second-order valence-electron chi connectivity index (χ2n) is 5.10. The molecule has 0 spiro atoms. The first-order valence-corrected chi connectivity index (χ1v) is 6.58. The van der Waals surface area contributed by atoms with E-state index in [1.54, 1.807) is 0 Å². The van der Waals surface area contributed by atoms with Crippen molar-refractivity contribution in [2.75, 3.05) is 12.3 Å². The lowest BCUT2D eigenvalue weighted by Crippen LogP contribution is -2.29. The highest BCUT2D eigenvalue weighted by Gasteiger charge is 2.23. The van der Waals surface area contributed by atoms with Crippen molar-refractivity contribution in [1.82, 2.24) is 9.88 Å². The maximum absolute atomic E-state index is 6.07. The molecule has 0 aromatic carbocycles. The molecule has 1 unspecified atom stereocenters. The van der Waals surface area contributed by atoms with E-state index in [2.05, 4.69) is 23.7 Å². The van der Waals surface area contributed by atoms with Crippen LogP contribution >= 0.6 is 0 Å². The molecule has 1 aliphatic rings. The molecule has 2 rings (SSSR count). The van der Waals surface area contributed by atoms with E-state index in [-0.39, 0.29) is 0 Å². The second kappa shape index (κ2) is 5.05. The number of nitrogens with zero attached hydrogens (tertiary/aromatic N) is 2. The van der Waals surface area contributed by atoms with Gasteiger partial charge in [0, 0.05) is 24.5 Å². The molecule has 0 aliphatic carbocycles. The van der Waals surface area contributed by atoms with E-state index in [1.165, 1.54) is 25.8 Å². The molecule has 17 heavy (non-hydrogen) atoms. The van der Waals surface area contributed by atoms with Crippen LogP contribution in [0.25, 0.3) is 0 Å². The Labute approximate surface area is 104 Å². The molecule has 2 N–H and O–H groups in total. The van der Waals surface area contributed by atoms with Crippen molar-refractivity contribution >= 4 is 5.69 Å². The highest BCUT2D eigenvalue weighted by atomic mass is 15.2. The third kappa shape index (κ3) is 2.44. The molecular formula is C14H23N3. The normalized spacial score (nSPS) is 21.0. The number of likely N-dealkylation sites (tertiary alicyclic amines) is 1. The Kier molecular flexibility index (Phi) is 3.67. The van der Waals surface area contributed by atoms with Gasteiger partial charge in [-0.25, -0.2) is 0 Å². The van der Waals surface area contributed by atoms with E-state index in [9.17, 15) is 0 Å². The second-order valence-corrected chi connectivity index (χ2v) is 5.10. The monoisotopic (exact) mass is 233 g/mol. The minimum atomic E-state index is 0.735. The summed E-state index contributed by atoms with van der Waals surface area (Å²) in [5.74, 6) is 0. The molecule has 3 nitrogen and oxygen atoms in total. The van der Waals surface area contributed by atoms with Gasteiger partial charge in [0.15, 0.2) is 0 Å². The first-order chi connectivity index (χ1) is 8.13. The van der Waals surface area contributed by atoms with Gasteiger partial charge in [-0.05, 0) is 50.8 Å². The van der Waals surface area contributed by atoms with E-state index >= 15 is 0 Å². The third-order valence-corrected chi connectivity index (χ3v) is 4.00. The van der Waals surface area contributed by atoms with Gasteiger partial charge in [0.05, 0.1) is 5.69 Å². The molecule has 2 heterocycles. The summed E-state index contributed by atoms with van der Waals surface area (Å²) >= 11 is 0. The van der Waals surface area contributed by atoms with E-state index in [0.29, 0.717) is 0 Å². The Morgan fingerprint density at radius 2 is 2.24 bits per heavy atom. The smallest absolute Gasteiger partial charge is 0.0593 e. The van der Waals surface area contributed by atoms with Crippen molar-refractivity contribution < 1.29 is 0 Å². The average Bonchev–Trinajstić information content (AvgIpc) is 2.77. The lowest BCUT2D eigenvalue weighted by atomic mass is 10.1. The fourth-order valence-corrected chi connectivity index (χ4v) is 2.71. The highest BCUT2D eigenvalue weighted by Crippen LogP contribution is 2.24. The van der Waals surface area contributed by atoms with Crippen LogP contribution in [0, 0.1) is 13.8 Å². The van der Waals surface area contributed by atoms with Crippen LogP contribution in [0.3, 0.4) is 0 Å². The van der Waals surface area contributed by atoms with Crippen LogP contribution in [0.2, 0.25) is 0 Å². The molecule has 0 amide bonds.